The lowest BCUT2D eigenvalue weighted by atomic mass is 9.95. The molecule has 10 heteroatoms. The minimum absolute atomic E-state index is 0.291. The molecular formula is C25H17BrN4O5. The van der Waals surface area contributed by atoms with Gasteiger partial charge in [-0.3, -0.25) is 19.4 Å². The second-order valence-electron chi connectivity index (χ2n) is 8.02. The van der Waals surface area contributed by atoms with Crippen molar-refractivity contribution in [2.24, 2.45) is 5.10 Å². The Hall–Kier alpha value is -4.31. The summed E-state index contributed by atoms with van der Waals surface area (Å²) in [5, 5.41) is 16.7. The molecule has 5 rings (SSSR count). The SMILES string of the molecule is Cc1c(Br)ccc(-n2c(O)c(C=NN3C(=O)c4cccc5cccc(c45)C3=O)c(=O)[nH]c2=O)c1C. The van der Waals surface area contributed by atoms with E-state index in [9.17, 15) is 24.3 Å². The molecular weight excluding hydrogens is 516 g/mol. The second kappa shape index (κ2) is 8.17. The lowest BCUT2D eigenvalue weighted by Gasteiger charge is -2.23. The number of nitrogens with one attached hydrogen (secondary N) is 1. The molecule has 4 aromatic rings. The van der Waals surface area contributed by atoms with E-state index in [1.165, 1.54) is 0 Å². The van der Waals surface area contributed by atoms with E-state index >= 15 is 0 Å². The maximum absolute atomic E-state index is 13.0. The third-order valence-electron chi connectivity index (χ3n) is 6.11. The molecule has 35 heavy (non-hydrogen) atoms. The predicted octanol–water partition coefficient (Wildman–Crippen LogP) is 3.39. The van der Waals surface area contributed by atoms with Gasteiger partial charge in [-0.2, -0.15) is 10.1 Å². The van der Waals surface area contributed by atoms with Crippen molar-refractivity contribution in [2.75, 3.05) is 0 Å². The topological polar surface area (TPSA) is 125 Å². The number of hydrogen-bond acceptors (Lipinski definition) is 6. The average molecular weight is 533 g/mol. The van der Waals surface area contributed by atoms with Crippen LogP contribution in [0.3, 0.4) is 0 Å². The third-order valence-corrected chi connectivity index (χ3v) is 6.97. The first-order valence-electron chi connectivity index (χ1n) is 10.5. The standard InChI is InChI=1S/C25H17BrN4O5/c1-12-13(2)19(10-9-18(12)26)29-22(32)17(21(31)28-25(29)35)11-27-30-23(33)15-7-3-5-14-6-4-8-16(20(14)15)24(30)34/h3-11,32H,1-2H3,(H,28,31,35). The maximum Gasteiger partial charge on any atom is 0.335 e. The van der Waals surface area contributed by atoms with Crippen LogP contribution in [0.4, 0.5) is 0 Å². The molecule has 0 saturated carbocycles. The van der Waals surface area contributed by atoms with Gasteiger partial charge < -0.3 is 5.11 Å². The summed E-state index contributed by atoms with van der Waals surface area (Å²) in [6, 6.07) is 13.5. The number of carbonyl (C=O) groups excluding carboxylic acids is 2. The fourth-order valence-electron chi connectivity index (χ4n) is 4.13. The average Bonchev–Trinajstić information content (AvgIpc) is 2.83. The quantitative estimate of drug-likeness (QED) is 0.309. The van der Waals surface area contributed by atoms with Gasteiger partial charge in [-0.15, -0.1) is 0 Å². The van der Waals surface area contributed by atoms with Crippen LogP contribution in [0.5, 0.6) is 5.88 Å². The van der Waals surface area contributed by atoms with Gasteiger partial charge in [0.05, 0.1) is 23.0 Å². The molecule has 0 spiro atoms. The highest BCUT2D eigenvalue weighted by Gasteiger charge is 2.32. The van der Waals surface area contributed by atoms with Gasteiger partial charge in [-0.25, -0.2) is 9.36 Å². The molecule has 0 atom stereocenters. The Morgan fingerprint density at radius 1 is 0.914 bits per heavy atom. The molecule has 0 unspecified atom stereocenters. The van der Waals surface area contributed by atoms with Gasteiger partial charge in [-0.1, -0.05) is 40.2 Å². The van der Waals surface area contributed by atoms with E-state index < -0.39 is 28.9 Å². The van der Waals surface area contributed by atoms with E-state index in [1.54, 1.807) is 55.5 Å². The Morgan fingerprint density at radius 3 is 2.17 bits per heavy atom. The summed E-state index contributed by atoms with van der Waals surface area (Å²) in [6.45, 7) is 3.61. The summed E-state index contributed by atoms with van der Waals surface area (Å²) in [5.41, 5.74) is 0.314. The molecule has 0 aliphatic carbocycles. The molecule has 1 aliphatic heterocycles. The molecule has 1 aliphatic rings. The van der Waals surface area contributed by atoms with Gasteiger partial charge >= 0.3 is 5.69 Å². The zero-order valence-electron chi connectivity index (χ0n) is 18.5. The highest BCUT2D eigenvalue weighted by molar-refractivity contribution is 9.10. The number of carbonyl (C=O) groups is 2. The predicted molar refractivity (Wildman–Crippen MR) is 134 cm³/mol. The smallest absolute Gasteiger partial charge is 0.335 e. The number of amides is 2. The van der Waals surface area contributed by atoms with Gasteiger partial charge in [0.15, 0.2) is 0 Å². The molecule has 0 bridgehead atoms. The molecule has 3 aromatic carbocycles. The van der Waals surface area contributed by atoms with E-state index in [0.717, 1.165) is 26.2 Å². The van der Waals surface area contributed by atoms with Crippen LogP contribution in [0.15, 0.2) is 67.7 Å². The largest absolute Gasteiger partial charge is 0.493 e. The zero-order chi connectivity index (χ0) is 25.0. The van der Waals surface area contributed by atoms with Gasteiger partial charge in [-0.05, 0) is 54.6 Å². The number of halogens is 1. The maximum atomic E-state index is 13.0. The summed E-state index contributed by atoms with van der Waals surface area (Å²) in [6.07, 6.45) is 0.898. The van der Waals surface area contributed by atoms with Crippen molar-refractivity contribution in [3.63, 3.8) is 0 Å². The van der Waals surface area contributed by atoms with Crippen molar-refractivity contribution in [2.45, 2.75) is 13.8 Å². The number of rotatable bonds is 3. The lowest BCUT2D eigenvalue weighted by molar-refractivity contribution is 0.0616. The molecule has 9 nitrogen and oxygen atoms in total. The molecule has 174 valence electrons. The molecule has 1 aromatic heterocycles. The lowest BCUT2D eigenvalue weighted by Crippen LogP contribution is -2.37. The van der Waals surface area contributed by atoms with E-state index in [-0.39, 0.29) is 5.56 Å². The highest BCUT2D eigenvalue weighted by Crippen LogP contribution is 2.30. The van der Waals surface area contributed by atoms with E-state index in [2.05, 4.69) is 26.0 Å². The van der Waals surface area contributed by atoms with Gasteiger partial charge in [0, 0.05) is 9.86 Å². The Balaban J connectivity index is 1.63. The normalized spacial score (nSPS) is 13.3. The minimum Gasteiger partial charge on any atom is -0.493 e. The second-order valence-corrected chi connectivity index (χ2v) is 8.88. The van der Waals surface area contributed by atoms with Crippen LogP contribution in [0.25, 0.3) is 16.5 Å². The third kappa shape index (κ3) is 3.41. The monoisotopic (exact) mass is 532 g/mol. The summed E-state index contributed by atoms with van der Waals surface area (Å²) in [4.78, 5) is 53.3. The number of aromatic amines is 1. The van der Waals surface area contributed by atoms with Crippen molar-refractivity contribution in [1.29, 1.82) is 0 Å². The van der Waals surface area contributed by atoms with Crippen molar-refractivity contribution >= 4 is 44.7 Å². The van der Waals surface area contributed by atoms with Crippen molar-refractivity contribution in [3.8, 4) is 11.6 Å². The van der Waals surface area contributed by atoms with Crippen LogP contribution in [-0.2, 0) is 0 Å². The summed E-state index contributed by atoms with van der Waals surface area (Å²) >= 11 is 3.42. The number of aromatic nitrogens is 2. The summed E-state index contributed by atoms with van der Waals surface area (Å²) < 4.78 is 1.75. The summed E-state index contributed by atoms with van der Waals surface area (Å²) in [5.74, 6) is -2.01. The van der Waals surface area contributed by atoms with Crippen LogP contribution in [0.1, 0.15) is 37.4 Å². The fourth-order valence-corrected chi connectivity index (χ4v) is 4.56. The molecule has 0 saturated heterocycles. The molecule has 0 fully saturated rings. The van der Waals surface area contributed by atoms with Crippen molar-refractivity contribution in [3.05, 3.63) is 102 Å². The van der Waals surface area contributed by atoms with Gasteiger partial charge in [0.25, 0.3) is 17.4 Å². The molecule has 2 N–H and O–H groups in total. The number of hydrazone groups is 1. The van der Waals surface area contributed by atoms with Crippen molar-refractivity contribution < 1.29 is 14.7 Å². The van der Waals surface area contributed by atoms with Gasteiger partial charge in [0.1, 0.15) is 5.56 Å². The van der Waals surface area contributed by atoms with Crippen LogP contribution in [0.2, 0.25) is 0 Å². The number of benzene rings is 3. The first kappa shape index (κ1) is 22.5. The van der Waals surface area contributed by atoms with E-state index in [0.29, 0.717) is 32.8 Å². The fraction of sp³-hybridized carbons (Fsp3) is 0.0800. The number of imide groups is 1. The Labute approximate surface area is 206 Å². The molecule has 2 amide bonds. The van der Waals surface area contributed by atoms with Crippen LogP contribution < -0.4 is 11.2 Å². The number of nitrogens with zero attached hydrogens (tertiary/aromatic N) is 3. The summed E-state index contributed by atoms with van der Waals surface area (Å²) in [7, 11) is 0. The number of aromatic hydroxyl groups is 1. The Bertz CT molecular complexity index is 1680. The van der Waals surface area contributed by atoms with Crippen LogP contribution in [0, 0.1) is 13.8 Å². The van der Waals surface area contributed by atoms with Crippen molar-refractivity contribution in [1.82, 2.24) is 14.6 Å². The number of hydrogen-bond donors (Lipinski definition) is 2. The van der Waals surface area contributed by atoms with Crippen LogP contribution >= 0.6 is 15.9 Å². The minimum atomic E-state index is -0.918. The zero-order valence-corrected chi connectivity index (χ0v) is 20.1. The van der Waals surface area contributed by atoms with Crippen LogP contribution in [-0.4, -0.2) is 37.7 Å². The Kier molecular flexibility index (Phi) is 5.25. The number of H-pyrrole nitrogens is 1. The first-order valence-corrected chi connectivity index (χ1v) is 11.3. The van der Waals surface area contributed by atoms with E-state index in [1.807, 2.05) is 6.92 Å². The first-order chi connectivity index (χ1) is 16.7. The Morgan fingerprint density at radius 2 is 1.54 bits per heavy atom. The molecule has 2 heterocycles. The highest BCUT2D eigenvalue weighted by atomic mass is 79.9. The van der Waals surface area contributed by atoms with Gasteiger partial charge in [0.2, 0.25) is 5.88 Å². The van der Waals surface area contributed by atoms with E-state index in [4.69, 9.17) is 0 Å². The molecule has 0 radical (unpaired) electrons.